The molecule has 2 fully saturated rings. The molecule has 25 heavy (non-hydrogen) atoms. The summed E-state index contributed by atoms with van der Waals surface area (Å²) in [5.74, 6) is 0.0747. The summed E-state index contributed by atoms with van der Waals surface area (Å²) in [5, 5.41) is 0. The predicted molar refractivity (Wildman–Crippen MR) is 83.9 cm³/mol. The molecule has 0 N–H and O–H groups in total. The molecule has 0 radical (unpaired) electrons. The Bertz CT molecular complexity index is 599. The van der Waals surface area contributed by atoms with Crippen LogP contribution in [0.4, 0.5) is 8.78 Å². The van der Waals surface area contributed by atoms with Crippen molar-refractivity contribution in [3.63, 3.8) is 0 Å². The zero-order chi connectivity index (χ0) is 17.8. The Kier molecular flexibility index (Phi) is 5.70. The molecule has 2 aliphatic rings. The number of ether oxygens (including phenoxy) is 4. The van der Waals surface area contributed by atoms with Crippen molar-refractivity contribution in [3.05, 3.63) is 23.8 Å². The summed E-state index contributed by atoms with van der Waals surface area (Å²) in [6, 6.07) is 4.30. The van der Waals surface area contributed by atoms with E-state index in [1.807, 2.05) is 0 Å². The zero-order valence-electron chi connectivity index (χ0n) is 14.0. The zero-order valence-corrected chi connectivity index (χ0v) is 14.0. The number of amides is 1. The molecule has 0 aromatic heterocycles. The average molecular weight is 357 g/mol. The average Bonchev–Trinajstić information content (AvgIpc) is 3.15. The van der Waals surface area contributed by atoms with Crippen LogP contribution in [-0.4, -0.2) is 57.1 Å². The molecule has 0 bridgehead atoms. The van der Waals surface area contributed by atoms with Crippen LogP contribution >= 0.6 is 0 Å². The van der Waals surface area contributed by atoms with Crippen molar-refractivity contribution in [2.45, 2.75) is 25.7 Å². The van der Waals surface area contributed by atoms with Crippen LogP contribution in [0, 0.1) is 5.92 Å². The monoisotopic (exact) mass is 357 g/mol. The molecule has 138 valence electrons. The third-order valence-corrected chi connectivity index (χ3v) is 4.49. The van der Waals surface area contributed by atoms with Crippen molar-refractivity contribution >= 4 is 5.91 Å². The van der Waals surface area contributed by atoms with Gasteiger partial charge in [0.25, 0.3) is 5.91 Å². The van der Waals surface area contributed by atoms with Crippen LogP contribution in [-0.2, 0) is 9.47 Å². The van der Waals surface area contributed by atoms with Crippen LogP contribution in [0.2, 0.25) is 0 Å². The second-order valence-electron chi connectivity index (χ2n) is 5.98. The number of likely N-dealkylation sites (tertiary alicyclic amines) is 1. The second-order valence-corrected chi connectivity index (χ2v) is 5.98. The van der Waals surface area contributed by atoms with Gasteiger partial charge in [-0.05, 0) is 31.0 Å². The number of alkyl halides is 2. The summed E-state index contributed by atoms with van der Waals surface area (Å²) >= 11 is 0. The van der Waals surface area contributed by atoms with Gasteiger partial charge in [-0.3, -0.25) is 4.79 Å². The minimum absolute atomic E-state index is 0.147. The molecule has 6 nitrogen and oxygen atoms in total. The highest BCUT2D eigenvalue weighted by molar-refractivity contribution is 5.95. The molecule has 0 aliphatic carbocycles. The Morgan fingerprint density at radius 1 is 1.20 bits per heavy atom. The van der Waals surface area contributed by atoms with Gasteiger partial charge in [-0.1, -0.05) is 0 Å². The van der Waals surface area contributed by atoms with E-state index in [0.29, 0.717) is 31.9 Å². The summed E-state index contributed by atoms with van der Waals surface area (Å²) in [6.45, 7) is -0.611. The van der Waals surface area contributed by atoms with Crippen molar-refractivity contribution in [2.75, 3.05) is 33.4 Å². The Morgan fingerprint density at radius 3 is 2.48 bits per heavy atom. The number of rotatable bonds is 5. The molecule has 0 spiro atoms. The minimum Gasteiger partial charge on any atom is -0.493 e. The minimum atomic E-state index is -2.98. The Morgan fingerprint density at radius 2 is 1.88 bits per heavy atom. The van der Waals surface area contributed by atoms with Gasteiger partial charge >= 0.3 is 6.61 Å². The number of hydrogen-bond donors (Lipinski definition) is 0. The normalized spacial score (nSPS) is 19.4. The first-order valence-electron chi connectivity index (χ1n) is 8.24. The lowest BCUT2D eigenvalue weighted by molar-refractivity contribution is -0.0956. The van der Waals surface area contributed by atoms with E-state index >= 15 is 0 Å². The summed E-state index contributed by atoms with van der Waals surface area (Å²) < 4.78 is 45.5. The largest absolute Gasteiger partial charge is 0.493 e. The molecule has 1 aromatic carbocycles. The number of hydrogen-bond acceptors (Lipinski definition) is 5. The molecule has 2 saturated heterocycles. The summed E-state index contributed by atoms with van der Waals surface area (Å²) in [6.07, 6.45) is 1.39. The van der Waals surface area contributed by atoms with Gasteiger partial charge < -0.3 is 23.8 Å². The lowest BCUT2D eigenvalue weighted by Gasteiger charge is -2.34. The molecule has 0 atom stereocenters. The highest BCUT2D eigenvalue weighted by Crippen LogP contribution is 2.31. The lowest BCUT2D eigenvalue weighted by Crippen LogP contribution is -2.41. The molecule has 0 saturated carbocycles. The van der Waals surface area contributed by atoms with Gasteiger partial charge in [-0.15, -0.1) is 0 Å². The van der Waals surface area contributed by atoms with Gasteiger partial charge in [0, 0.05) is 24.6 Å². The Balaban J connectivity index is 1.64. The molecule has 0 unspecified atom stereocenters. The SMILES string of the molecule is COc1ccc(C(=O)N2CCC(C3OCCO3)CC2)cc1OC(F)F. The fraction of sp³-hybridized carbons (Fsp3) is 0.588. The number of nitrogens with zero attached hydrogens (tertiary/aromatic N) is 1. The van der Waals surface area contributed by atoms with Gasteiger partial charge in [-0.2, -0.15) is 8.78 Å². The van der Waals surface area contributed by atoms with Gasteiger partial charge in [0.05, 0.1) is 20.3 Å². The molecule has 2 aliphatic heterocycles. The molecule has 1 aromatic rings. The van der Waals surface area contributed by atoms with Gasteiger partial charge in [0.1, 0.15) is 0 Å². The maximum absolute atomic E-state index is 12.6. The number of carbonyl (C=O) groups excluding carboxylic acids is 1. The van der Waals surface area contributed by atoms with E-state index in [1.54, 1.807) is 11.0 Å². The van der Waals surface area contributed by atoms with Crippen LogP contribution < -0.4 is 9.47 Å². The maximum atomic E-state index is 12.6. The van der Waals surface area contributed by atoms with E-state index < -0.39 is 6.61 Å². The standard InChI is InChI=1S/C17H21F2NO5/c1-22-13-3-2-12(10-14(13)25-17(18)19)15(21)20-6-4-11(5-7-20)16-23-8-9-24-16/h2-3,10-11,16-17H,4-9H2,1H3. The number of benzene rings is 1. The maximum Gasteiger partial charge on any atom is 0.387 e. The fourth-order valence-electron chi connectivity index (χ4n) is 3.20. The van der Waals surface area contributed by atoms with E-state index in [0.717, 1.165) is 12.8 Å². The fourth-order valence-corrected chi connectivity index (χ4v) is 3.20. The van der Waals surface area contributed by atoms with E-state index in [9.17, 15) is 13.6 Å². The number of carbonyl (C=O) groups is 1. The highest BCUT2D eigenvalue weighted by atomic mass is 19.3. The highest BCUT2D eigenvalue weighted by Gasteiger charge is 2.32. The Hall–Kier alpha value is -1.93. The second kappa shape index (κ2) is 7.97. The van der Waals surface area contributed by atoms with Crippen LogP contribution in [0.25, 0.3) is 0 Å². The molecule has 2 heterocycles. The van der Waals surface area contributed by atoms with Crippen LogP contribution in [0.1, 0.15) is 23.2 Å². The smallest absolute Gasteiger partial charge is 0.387 e. The van der Waals surface area contributed by atoms with Crippen molar-refractivity contribution in [2.24, 2.45) is 5.92 Å². The third-order valence-electron chi connectivity index (χ3n) is 4.49. The van der Waals surface area contributed by atoms with Gasteiger partial charge in [-0.25, -0.2) is 0 Å². The van der Waals surface area contributed by atoms with E-state index in [4.69, 9.17) is 14.2 Å². The molecule has 1 amide bonds. The predicted octanol–water partition coefficient (Wildman–Crippen LogP) is 2.52. The van der Waals surface area contributed by atoms with Gasteiger partial charge in [0.15, 0.2) is 17.8 Å². The topological polar surface area (TPSA) is 57.2 Å². The molecule has 8 heteroatoms. The first-order chi connectivity index (χ1) is 12.1. The van der Waals surface area contributed by atoms with E-state index in [1.165, 1.54) is 19.2 Å². The van der Waals surface area contributed by atoms with Crippen molar-refractivity contribution in [1.29, 1.82) is 0 Å². The number of halogens is 2. The van der Waals surface area contributed by atoms with Crippen LogP contribution in [0.15, 0.2) is 18.2 Å². The third kappa shape index (κ3) is 4.19. The molecule has 3 rings (SSSR count). The van der Waals surface area contributed by atoms with Crippen molar-refractivity contribution in [3.8, 4) is 11.5 Å². The summed E-state index contributed by atoms with van der Waals surface area (Å²) in [7, 11) is 1.35. The van der Waals surface area contributed by atoms with E-state index in [-0.39, 0.29) is 29.6 Å². The summed E-state index contributed by atoms with van der Waals surface area (Å²) in [4.78, 5) is 14.4. The quantitative estimate of drug-likeness (QED) is 0.811. The first-order valence-corrected chi connectivity index (χ1v) is 8.24. The van der Waals surface area contributed by atoms with Crippen molar-refractivity contribution < 1.29 is 32.5 Å². The van der Waals surface area contributed by atoms with Crippen LogP contribution in [0.5, 0.6) is 11.5 Å². The van der Waals surface area contributed by atoms with Crippen LogP contribution in [0.3, 0.4) is 0 Å². The number of piperidine rings is 1. The Labute approximate surface area is 144 Å². The number of methoxy groups -OCH3 is 1. The summed E-state index contributed by atoms with van der Waals surface area (Å²) in [5.41, 5.74) is 0.295. The molecular formula is C17H21F2NO5. The van der Waals surface area contributed by atoms with Crippen molar-refractivity contribution in [1.82, 2.24) is 4.90 Å². The van der Waals surface area contributed by atoms with Gasteiger partial charge in [0.2, 0.25) is 0 Å². The lowest BCUT2D eigenvalue weighted by atomic mass is 9.95. The molecular weight excluding hydrogens is 336 g/mol. The first kappa shape index (κ1) is 17.9. The van der Waals surface area contributed by atoms with E-state index in [2.05, 4.69) is 4.74 Å².